The fourth-order valence-electron chi connectivity index (χ4n) is 3.88. The van der Waals surface area contributed by atoms with Crippen LogP contribution >= 0.6 is 0 Å². The topological polar surface area (TPSA) is 34.6 Å². The second-order valence-electron chi connectivity index (χ2n) is 7.13. The first-order valence-corrected chi connectivity index (χ1v) is 8.92. The van der Waals surface area contributed by atoms with Gasteiger partial charge in [0.05, 0.1) is 24.5 Å². The summed E-state index contributed by atoms with van der Waals surface area (Å²) < 4.78 is 38.3. The first-order valence-electron chi connectivity index (χ1n) is 8.92. The lowest BCUT2D eigenvalue weighted by Crippen LogP contribution is -2.64. The summed E-state index contributed by atoms with van der Waals surface area (Å²) in [7, 11) is 0. The van der Waals surface area contributed by atoms with Crippen molar-refractivity contribution in [1.82, 2.24) is 9.88 Å². The molecule has 1 spiro atoms. The number of hydrogen-bond donors (Lipinski definition) is 0. The standard InChI is InChI=1S/C20H22F2N2O2/c21-18-5-4-15(9-19(18)22)10-24-13-20(14-24)16(6-8-26-20)11-25-12-17-3-1-2-7-23-17/h1-5,7,9,16H,6,8,10-14H2/t16-/m1/s1. The van der Waals surface area contributed by atoms with Crippen molar-refractivity contribution in [2.24, 2.45) is 5.92 Å². The van der Waals surface area contributed by atoms with Crippen LogP contribution in [-0.4, -0.2) is 41.8 Å². The summed E-state index contributed by atoms with van der Waals surface area (Å²) in [5.74, 6) is -1.25. The van der Waals surface area contributed by atoms with Crippen LogP contribution in [0.2, 0.25) is 0 Å². The highest BCUT2D eigenvalue weighted by atomic mass is 19.2. The molecular weight excluding hydrogens is 338 g/mol. The number of rotatable bonds is 6. The molecule has 138 valence electrons. The van der Waals surface area contributed by atoms with E-state index in [9.17, 15) is 8.78 Å². The number of pyridine rings is 1. The van der Waals surface area contributed by atoms with E-state index in [0.29, 0.717) is 25.7 Å². The molecule has 1 aromatic heterocycles. The Balaban J connectivity index is 1.28. The van der Waals surface area contributed by atoms with E-state index in [1.54, 1.807) is 12.3 Å². The molecule has 0 N–H and O–H groups in total. The number of halogens is 2. The van der Waals surface area contributed by atoms with Gasteiger partial charge in [-0.3, -0.25) is 9.88 Å². The summed E-state index contributed by atoms with van der Waals surface area (Å²) in [6.45, 7) is 4.09. The van der Waals surface area contributed by atoms with Crippen molar-refractivity contribution in [1.29, 1.82) is 0 Å². The third-order valence-electron chi connectivity index (χ3n) is 5.27. The summed E-state index contributed by atoms with van der Waals surface area (Å²) >= 11 is 0. The molecular formula is C20H22F2N2O2. The Morgan fingerprint density at radius 2 is 2.08 bits per heavy atom. The highest BCUT2D eigenvalue weighted by Gasteiger charge is 2.52. The Hall–Kier alpha value is -1.89. The molecule has 4 rings (SSSR count). The van der Waals surface area contributed by atoms with E-state index in [1.165, 1.54) is 12.1 Å². The Bertz CT molecular complexity index is 751. The predicted molar refractivity (Wildman–Crippen MR) is 92.3 cm³/mol. The van der Waals surface area contributed by atoms with E-state index in [2.05, 4.69) is 9.88 Å². The Kier molecular flexibility index (Phi) is 4.98. The molecule has 2 aromatic rings. The van der Waals surface area contributed by atoms with Crippen molar-refractivity contribution in [2.75, 3.05) is 26.3 Å². The quantitative estimate of drug-likeness (QED) is 0.793. The van der Waals surface area contributed by atoms with Gasteiger partial charge in [0, 0.05) is 38.4 Å². The average molecular weight is 360 g/mol. The first-order chi connectivity index (χ1) is 12.6. The van der Waals surface area contributed by atoms with Gasteiger partial charge in [-0.05, 0) is 36.2 Å². The molecule has 3 heterocycles. The lowest BCUT2D eigenvalue weighted by molar-refractivity contribution is -0.146. The third kappa shape index (κ3) is 3.63. The molecule has 2 fully saturated rings. The summed E-state index contributed by atoms with van der Waals surface area (Å²) in [4.78, 5) is 6.46. The van der Waals surface area contributed by atoms with Gasteiger partial charge in [0.25, 0.3) is 0 Å². The zero-order valence-electron chi connectivity index (χ0n) is 14.5. The van der Waals surface area contributed by atoms with Gasteiger partial charge < -0.3 is 9.47 Å². The molecule has 26 heavy (non-hydrogen) atoms. The molecule has 1 atom stereocenters. The normalized spacial score (nSPS) is 21.8. The fourth-order valence-corrected chi connectivity index (χ4v) is 3.88. The van der Waals surface area contributed by atoms with Gasteiger partial charge in [-0.1, -0.05) is 12.1 Å². The van der Waals surface area contributed by atoms with E-state index >= 15 is 0 Å². The highest BCUT2D eigenvalue weighted by molar-refractivity contribution is 5.19. The van der Waals surface area contributed by atoms with Crippen molar-refractivity contribution >= 4 is 0 Å². The molecule has 1 aromatic carbocycles. The van der Waals surface area contributed by atoms with Gasteiger partial charge in [-0.15, -0.1) is 0 Å². The number of benzene rings is 1. The largest absolute Gasteiger partial charge is 0.375 e. The number of likely N-dealkylation sites (tertiary alicyclic amines) is 1. The van der Waals surface area contributed by atoms with Gasteiger partial charge in [-0.25, -0.2) is 8.78 Å². The predicted octanol–water partition coefficient (Wildman–Crippen LogP) is 3.17. The summed E-state index contributed by atoms with van der Waals surface area (Å²) in [6, 6.07) is 9.87. The van der Waals surface area contributed by atoms with E-state index in [4.69, 9.17) is 9.47 Å². The molecule has 0 amide bonds. The minimum Gasteiger partial charge on any atom is -0.375 e. The van der Waals surface area contributed by atoms with Crippen LogP contribution in [0, 0.1) is 17.6 Å². The SMILES string of the molecule is Fc1ccc(CN2CC3(C2)OCC[C@@H]3COCc2ccccn2)cc1F. The maximum Gasteiger partial charge on any atom is 0.159 e. The fraction of sp³-hybridized carbons (Fsp3) is 0.450. The van der Waals surface area contributed by atoms with Crippen LogP contribution in [0.4, 0.5) is 8.78 Å². The molecule has 0 aliphatic carbocycles. The summed E-state index contributed by atoms with van der Waals surface area (Å²) in [6.07, 6.45) is 2.75. The van der Waals surface area contributed by atoms with Crippen molar-refractivity contribution < 1.29 is 18.3 Å². The van der Waals surface area contributed by atoms with Crippen LogP contribution in [0.3, 0.4) is 0 Å². The van der Waals surface area contributed by atoms with Crippen molar-refractivity contribution in [2.45, 2.75) is 25.2 Å². The van der Waals surface area contributed by atoms with E-state index in [1.807, 2.05) is 18.2 Å². The monoisotopic (exact) mass is 360 g/mol. The van der Waals surface area contributed by atoms with Gasteiger partial charge in [0.15, 0.2) is 11.6 Å². The molecule has 4 nitrogen and oxygen atoms in total. The van der Waals surface area contributed by atoms with E-state index in [-0.39, 0.29) is 5.60 Å². The molecule has 0 saturated carbocycles. The average Bonchev–Trinajstić information content (AvgIpc) is 3.03. The minimum atomic E-state index is -0.807. The van der Waals surface area contributed by atoms with E-state index < -0.39 is 11.6 Å². The Morgan fingerprint density at radius 1 is 1.19 bits per heavy atom. The van der Waals surface area contributed by atoms with E-state index in [0.717, 1.165) is 37.4 Å². The molecule has 0 bridgehead atoms. The summed E-state index contributed by atoms with van der Waals surface area (Å²) in [5, 5.41) is 0. The highest BCUT2D eigenvalue weighted by Crippen LogP contribution is 2.40. The van der Waals surface area contributed by atoms with Gasteiger partial charge in [0.1, 0.15) is 0 Å². The molecule has 2 saturated heterocycles. The second kappa shape index (κ2) is 7.39. The molecule has 2 aliphatic rings. The van der Waals surface area contributed by atoms with Gasteiger partial charge in [0.2, 0.25) is 0 Å². The second-order valence-corrected chi connectivity index (χ2v) is 7.13. The lowest BCUT2D eigenvalue weighted by atomic mass is 9.81. The maximum atomic E-state index is 13.3. The Labute approximate surface area is 151 Å². The number of hydrogen-bond acceptors (Lipinski definition) is 4. The number of aromatic nitrogens is 1. The van der Waals surface area contributed by atoms with Gasteiger partial charge in [-0.2, -0.15) is 0 Å². The molecule has 0 unspecified atom stereocenters. The zero-order valence-corrected chi connectivity index (χ0v) is 14.5. The maximum absolute atomic E-state index is 13.3. The van der Waals surface area contributed by atoms with Crippen LogP contribution < -0.4 is 0 Å². The lowest BCUT2D eigenvalue weighted by Gasteiger charge is -2.50. The third-order valence-corrected chi connectivity index (χ3v) is 5.27. The summed E-state index contributed by atoms with van der Waals surface area (Å²) in [5.41, 5.74) is 1.54. The van der Waals surface area contributed by atoms with Crippen LogP contribution in [0.15, 0.2) is 42.6 Å². The van der Waals surface area contributed by atoms with Crippen molar-refractivity contribution in [3.05, 3.63) is 65.5 Å². The smallest absolute Gasteiger partial charge is 0.159 e. The molecule has 2 aliphatic heterocycles. The first kappa shape index (κ1) is 17.5. The van der Waals surface area contributed by atoms with Crippen LogP contribution in [0.25, 0.3) is 0 Å². The van der Waals surface area contributed by atoms with Crippen LogP contribution in [0.5, 0.6) is 0 Å². The van der Waals surface area contributed by atoms with Crippen molar-refractivity contribution in [3.63, 3.8) is 0 Å². The minimum absolute atomic E-state index is 0.164. The van der Waals surface area contributed by atoms with Gasteiger partial charge >= 0.3 is 0 Å². The molecule has 0 radical (unpaired) electrons. The number of ether oxygens (including phenoxy) is 2. The molecule has 6 heteroatoms. The van der Waals surface area contributed by atoms with Crippen LogP contribution in [0.1, 0.15) is 17.7 Å². The van der Waals surface area contributed by atoms with Crippen molar-refractivity contribution in [3.8, 4) is 0 Å². The van der Waals surface area contributed by atoms with Crippen LogP contribution in [-0.2, 0) is 22.6 Å². The number of nitrogens with zero attached hydrogens (tertiary/aromatic N) is 2. The Morgan fingerprint density at radius 3 is 2.85 bits per heavy atom. The zero-order chi connectivity index (χ0) is 18.0.